The third kappa shape index (κ3) is 6.67. The Bertz CT molecular complexity index is 269. The first-order valence-electron chi connectivity index (χ1n) is 9.32. The summed E-state index contributed by atoms with van der Waals surface area (Å²) in [7, 11) is 0. The molecule has 0 aromatic rings. The Morgan fingerprint density at radius 3 is 0.870 bits per heavy atom. The van der Waals surface area contributed by atoms with Gasteiger partial charge in [0.2, 0.25) is 0 Å². The van der Waals surface area contributed by atoms with Gasteiger partial charge in [-0.15, -0.1) is 0 Å². The maximum Gasteiger partial charge on any atom is 0.0220 e. The highest BCUT2D eigenvalue weighted by atomic mass is 16.1. The fraction of sp³-hybridized carbons (Fsp3) is 1.00. The second-order valence-electron chi connectivity index (χ2n) is 8.12. The van der Waals surface area contributed by atoms with Gasteiger partial charge in [0.25, 0.3) is 0 Å². The number of nitrogens with one attached hydrogen (secondary N) is 1. The molecular weight excluding hydrogens is 286 g/mol. The molecule has 0 aliphatic heterocycles. The van der Waals surface area contributed by atoms with E-state index in [1.165, 1.54) is 0 Å². The minimum atomic E-state index is 0.406. The zero-order chi connectivity index (χ0) is 18.5. The molecule has 0 aromatic heterocycles. The Labute approximate surface area is 145 Å². The summed E-state index contributed by atoms with van der Waals surface area (Å²) in [5.41, 5.74) is 3.70. The maximum atomic E-state index is 3.70. The fourth-order valence-electron chi connectivity index (χ4n) is 3.22. The molecule has 0 atom stereocenters. The summed E-state index contributed by atoms with van der Waals surface area (Å²) in [4.78, 5) is 0. The van der Waals surface area contributed by atoms with Gasteiger partial charge in [-0.25, -0.2) is 15.0 Å². The van der Waals surface area contributed by atoms with Crippen molar-refractivity contribution < 1.29 is 0 Å². The molecule has 1 N–H and O–H groups in total. The average Bonchev–Trinajstić information content (AvgIpc) is 2.32. The molecule has 140 valence electrons. The zero-order valence-corrected chi connectivity index (χ0v) is 17.8. The van der Waals surface area contributed by atoms with Crippen molar-refractivity contribution in [3.63, 3.8) is 0 Å². The van der Waals surface area contributed by atoms with E-state index in [2.05, 4.69) is 109 Å². The van der Waals surface area contributed by atoms with Crippen molar-refractivity contribution in [2.24, 2.45) is 0 Å². The van der Waals surface area contributed by atoms with Crippen molar-refractivity contribution in [3.8, 4) is 0 Å². The highest BCUT2D eigenvalue weighted by molar-refractivity contribution is 4.70. The molecule has 0 rings (SSSR count). The van der Waals surface area contributed by atoms with E-state index < -0.39 is 0 Å². The molecule has 0 unspecified atom stereocenters. The molecule has 0 bridgehead atoms. The highest BCUT2D eigenvalue weighted by Gasteiger charge is 2.32. The van der Waals surface area contributed by atoms with Gasteiger partial charge in [-0.2, -0.15) is 5.53 Å². The minimum absolute atomic E-state index is 0.406. The predicted octanol–water partition coefficient (Wildman–Crippen LogP) is 3.89. The molecule has 23 heavy (non-hydrogen) atoms. The van der Waals surface area contributed by atoms with Gasteiger partial charge in [-0.1, -0.05) is 5.23 Å². The van der Waals surface area contributed by atoms with Crippen LogP contribution in [0.4, 0.5) is 0 Å². The molecule has 0 fully saturated rings. The van der Waals surface area contributed by atoms with Gasteiger partial charge < -0.3 is 0 Å². The Balaban J connectivity index is 5.76. The molecule has 0 heterocycles. The Hall–Kier alpha value is -0.200. The lowest BCUT2D eigenvalue weighted by molar-refractivity contribution is -0.305. The van der Waals surface area contributed by atoms with E-state index >= 15 is 0 Å². The summed E-state index contributed by atoms with van der Waals surface area (Å²) in [5.74, 6) is 0. The second-order valence-corrected chi connectivity index (χ2v) is 8.12. The van der Waals surface area contributed by atoms with Gasteiger partial charge in [0.15, 0.2) is 0 Å². The fourth-order valence-corrected chi connectivity index (χ4v) is 3.22. The van der Waals surface area contributed by atoms with Crippen LogP contribution in [0.1, 0.15) is 83.1 Å². The molecule has 0 spiro atoms. The predicted molar refractivity (Wildman–Crippen MR) is 101 cm³/mol. The van der Waals surface area contributed by atoms with Crippen LogP contribution in [0.15, 0.2) is 0 Å². The lowest BCUT2D eigenvalue weighted by atomic mass is 10.2. The van der Waals surface area contributed by atoms with E-state index in [4.69, 9.17) is 0 Å². The van der Waals surface area contributed by atoms with Gasteiger partial charge in [-0.05, 0) is 83.1 Å². The van der Waals surface area contributed by atoms with Crippen molar-refractivity contribution in [2.45, 2.75) is 119 Å². The van der Waals surface area contributed by atoms with Crippen LogP contribution in [-0.2, 0) is 0 Å². The van der Waals surface area contributed by atoms with Gasteiger partial charge in [0.05, 0.1) is 0 Å². The van der Waals surface area contributed by atoms with Crippen LogP contribution in [-0.4, -0.2) is 56.5 Å². The monoisotopic (exact) mass is 329 g/mol. The molecule has 0 saturated carbocycles. The largest absolute Gasteiger partial charge is 0.223 e. The lowest BCUT2D eigenvalue weighted by Crippen LogP contribution is -2.71. The first-order chi connectivity index (χ1) is 10.4. The van der Waals surface area contributed by atoms with Crippen molar-refractivity contribution >= 4 is 0 Å². The first-order valence-corrected chi connectivity index (χ1v) is 9.32. The van der Waals surface area contributed by atoms with Crippen molar-refractivity contribution in [2.75, 3.05) is 0 Å². The van der Waals surface area contributed by atoms with Gasteiger partial charge in [0.1, 0.15) is 0 Å². The highest BCUT2D eigenvalue weighted by Crippen LogP contribution is 2.18. The van der Waals surface area contributed by atoms with Gasteiger partial charge >= 0.3 is 0 Å². The average molecular weight is 330 g/mol. The van der Waals surface area contributed by atoms with Crippen LogP contribution in [0, 0.1) is 0 Å². The van der Waals surface area contributed by atoms with Crippen molar-refractivity contribution in [1.82, 2.24) is 25.8 Å². The molecular formula is C18H43N5. The van der Waals surface area contributed by atoms with E-state index in [0.29, 0.717) is 36.3 Å². The molecule has 0 radical (unpaired) electrons. The van der Waals surface area contributed by atoms with Crippen LogP contribution in [0.2, 0.25) is 0 Å². The zero-order valence-electron chi connectivity index (χ0n) is 17.8. The summed E-state index contributed by atoms with van der Waals surface area (Å²) in [5, 5.41) is 9.40. The molecule has 0 saturated heterocycles. The maximum absolute atomic E-state index is 3.70. The summed E-state index contributed by atoms with van der Waals surface area (Å²) in [6.45, 7) is 26.9. The van der Waals surface area contributed by atoms with E-state index in [9.17, 15) is 0 Å². The Morgan fingerprint density at radius 2 is 0.696 bits per heavy atom. The summed E-state index contributed by atoms with van der Waals surface area (Å²) in [6, 6.07) is 2.46. The second kappa shape index (κ2) is 9.94. The van der Waals surface area contributed by atoms with Crippen LogP contribution in [0.5, 0.6) is 0 Å². The number of nitrogens with zero attached hydrogens (tertiary/aromatic N) is 4. The van der Waals surface area contributed by atoms with Gasteiger partial charge in [0, 0.05) is 36.3 Å². The van der Waals surface area contributed by atoms with Crippen LogP contribution >= 0.6 is 0 Å². The normalized spacial score (nSPS) is 13.8. The van der Waals surface area contributed by atoms with Crippen molar-refractivity contribution in [1.29, 1.82) is 0 Å². The third-order valence-electron chi connectivity index (χ3n) is 3.87. The van der Waals surface area contributed by atoms with Crippen LogP contribution < -0.4 is 5.53 Å². The van der Waals surface area contributed by atoms with E-state index in [1.54, 1.807) is 0 Å². The summed E-state index contributed by atoms with van der Waals surface area (Å²) < 4.78 is 0. The molecule has 0 aromatic carbocycles. The molecule has 0 amide bonds. The number of rotatable bonds is 10. The van der Waals surface area contributed by atoms with Gasteiger partial charge in [-0.3, -0.25) is 0 Å². The Morgan fingerprint density at radius 1 is 0.435 bits per heavy atom. The van der Waals surface area contributed by atoms with E-state index in [1.807, 2.05) is 0 Å². The number of hydrazine groups is 4. The smallest absolute Gasteiger partial charge is 0.0220 e. The summed E-state index contributed by atoms with van der Waals surface area (Å²) >= 11 is 0. The molecule has 5 heteroatoms. The lowest BCUT2D eigenvalue weighted by Gasteiger charge is -2.51. The quantitative estimate of drug-likeness (QED) is 0.613. The minimum Gasteiger partial charge on any atom is -0.223 e. The Kier molecular flexibility index (Phi) is 9.86. The van der Waals surface area contributed by atoms with E-state index in [0.717, 1.165) is 0 Å². The number of hydrogen-bond donors (Lipinski definition) is 1. The standard InChI is InChI=1S/C18H43N5/c1-13(2)20(14(3)4)19-23(21(15(5)6)16(7)8)22(17(9)10)18(11)12/h13-19H,1-12H3. The summed E-state index contributed by atoms with van der Waals surface area (Å²) in [6.07, 6.45) is 0. The molecule has 0 aliphatic carbocycles. The number of hydrogen-bond acceptors (Lipinski definition) is 5. The van der Waals surface area contributed by atoms with Crippen molar-refractivity contribution in [3.05, 3.63) is 0 Å². The third-order valence-corrected chi connectivity index (χ3v) is 3.87. The van der Waals surface area contributed by atoms with Crippen LogP contribution in [0.3, 0.4) is 0 Å². The molecule has 5 nitrogen and oxygen atoms in total. The SMILES string of the molecule is CC(C)N(NN(N(C(C)C)C(C)C)N(C(C)C)C(C)C)C(C)C. The topological polar surface area (TPSA) is 25.0 Å². The first kappa shape index (κ1) is 22.8. The molecule has 0 aliphatic rings. The van der Waals surface area contributed by atoms with Crippen LogP contribution in [0.25, 0.3) is 0 Å². The van der Waals surface area contributed by atoms with E-state index in [-0.39, 0.29) is 0 Å².